The summed E-state index contributed by atoms with van der Waals surface area (Å²) < 4.78 is 0. The summed E-state index contributed by atoms with van der Waals surface area (Å²) in [5, 5.41) is 11.9. The van der Waals surface area contributed by atoms with Crippen molar-refractivity contribution in [2.45, 2.75) is 31.3 Å². The SMILES string of the molecule is CNC(=O)c1nc(-c2cc(C(=O)NC3CCNC3)cc(C(=O)N[C@H]3CCc4ccccc43)c2)cnc1N. The van der Waals surface area contributed by atoms with E-state index in [1.165, 1.54) is 18.8 Å². The van der Waals surface area contributed by atoms with Gasteiger partial charge < -0.3 is 27.0 Å². The van der Waals surface area contributed by atoms with Gasteiger partial charge in [-0.05, 0) is 55.1 Å². The Hall–Kier alpha value is -4.31. The Bertz CT molecular complexity index is 1370. The van der Waals surface area contributed by atoms with E-state index in [0.717, 1.165) is 31.4 Å². The number of anilines is 1. The minimum Gasteiger partial charge on any atom is -0.382 e. The smallest absolute Gasteiger partial charge is 0.273 e. The number of aryl methyl sites for hydroxylation is 1. The van der Waals surface area contributed by atoms with Gasteiger partial charge in [0.15, 0.2) is 11.5 Å². The molecule has 1 aromatic heterocycles. The molecule has 10 nitrogen and oxygen atoms in total. The fourth-order valence-electron chi connectivity index (χ4n) is 4.86. The predicted molar refractivity (Wildman–Crippen MR) is 139 cm³/mol. The number of nitrogen functional groups attached to an aromatic ring is 1. The van der Waals surface area contributed by atoms with Gasteiger partial charge in [0.05, 0.1) is 17.9 Å². The van der Waals surface area contributed by atoms with Gasteiger partial charge in [0.1, 0.15) is 0 Å². The lowest BCUT2D eigenvalue weighted by molar-refractivity contribution is 0.0933. The maximum absolute atomic E-state index is 13.4. The zero-order valence-electron chi connectivity index (χ0n) is 20.5. The average Bonchev–Trinajstić information content (AvgIpc) is 3.58. The number of aromatic nitrogens is 2. The number of carbonyl (C=O) groups excluding carboxylic acids is 3. The van der Waals surface area contributed by atoms with Crippen molar-refractivity contribution in [2.24, 2.45) is 0 Å². The number of fused-ring (bicyclic) bond motifs is 1. The molecular weight excluding hydrogens is 470 g/mol. The summed E-state index contributed by atoms with van der Waals surface area (Å²) in [6.07, 6.45) is 3.96. The molecule has 5 rings (SSSR count). The van der Waals surface area contributed by atoms with Crippen molar-refractivity contribution in [1.29, 1.82) is 0 Å². The third kappa shape index (κ3) is 5.14. The summed E-state index contributed by atoms with van der Waals surface area (Å²) in [4.78, 5) is 47.3. The lowest BCUT2D eigenvalue weighted by Gasteiger charge is -2.16. The van der Waals surface area contributed by atoms with Crippen LogP contribution >= 0.6 is 0 Å². The molecule has 1 aliphatic carbocycles. The van der Waals surface area contributed by atoms with Gasteiger partial charge in [-0.25, -0.2) is 9.97 Å². The molecular formula is C27H29N7O3. The Kier molecular flexibility index (Phi) is 6.82. The number of hydrogen-bond donors (Lipinski definition) is 5. The van der Waals surface area contributed by atoms with Crippen LogP contribution in [-0.2, 0) is 6.42 Å². The highest BCUT2D eigenvalue weighted by Gasteiger charge is 2.25. The van der Waals surface area contributed by atoms with Crippen molar-refractivity contribution in [3.8, 4) is 11.3 Å². The monoisotopic (exact) mass is 499 g/mol. The maximum atomic E-state index is 13.4. The Morgan fingerprint density at radius 1 is 1.00 bits per heavy atom. The molecule has 2 aliphatic rings. The van der Waals surface area contributed by atoms with Crippen molar-refractivity contribution >= 4 is 23.5 Å². The number of benzene rings is 2. The van der Waals surface area contributed by atoms with Crippen LogP contribution in [-0.4, -0.2) is 53.9 Å². The number of nitrogens with zero attached hydrogens (tertiary/aromatic N) is 2. The third-order valence-electron chi connectivity index (χ3n) is 6.83. The van der Waals surface area contributed by atoms with Crippen molar-refractivity contribution in [3.63, 3.8) is 0 Å². The van der Waals surface area contributed by atoms with E-state index >= 15 is 0 Å². The van der Waals surface area contributed by atoms with Crippen molar-refractivity contribution in [1.82, 2.24) is 31.2 Å². The molecule has 6 N–H and O–H groups in total. The minimum atomic E-state index is -0.479. The Morgan fingerprint density at radius 2 is 1.76 bits per heavy atom. The number of carbonyl (C=O) groups is 3. The second-order valence-corrected chi connectivity index (χ2v) is 9.29. The van der Waals surface area contributed by atoms with Gasteiger partial charge in [0, 0.05) is 36.3 Å². The Balaban J connectivity index is 1.49. The molecule has 37 heavy (non-hydrogen) atoms. The molecule has 2 atom stereocenters. The molecule has 0 bridgehead atoms. The van der Waals surface area contributed by atoms with Gasteiger partial charge >= 0.3 is 0 Å². The van der Waals surface area contributed by atoms with E-state index in [2.05, 4.69) is 37.3 Å². The molecule has 1 unspecified atom stereocenters. The molecule has 3 aromatic rings. The van der Waals surface area contributed by atoms with Crippen LogP contribution in [0.25, 0.3) is 11.3 Å². The van der Waals surface area contributed by atoms with E-state index in [4.69, 9.17) is 5.73 Å². The lowest BCUT2D eigenvalue weighted by atomic mass is 10.0. The second kappa shape index (κ2) is 10.4. The van der Waals surface area contributed by atoms with Gasteiger partial charge in [0.25, 0.3) is 17.7 Å². The number of rotatable bonds is 6. The third-order valence-corrected chi connectivity index (χ3v) is 6.83. The summed E-state index contributed by atoms with van der Waals surface area (Å²) in [6, 6.07) is 12.9. The fraction of sp³-hybridized carbons (Fsp3) is 0.296. The first-order valence-electron chi connectivity index (χ1n) is 12.3. The quantitative estimate of drug-likeness (QED) is 0.345. The highest BCUT2D eigenvalue weighted by molar-refractivity contribution is 6.02. The molecule has 3 amide bonds. The maximum Gasteiger partial charge on any atom is 0.273 e. The van der Waals surface area contributed by atoms with Crippen LogP contribution in [0.2, 0.25) is 0 Å². The molecule has 2 heterocycles. The van der Waals surface area contributed by atoms with Crippen LogP contribution in [0, 0.1) is 0 Å². The standard InChI is InChI=1S/C27H29N7O3/c1-29-27(37)23-24(28)31-14-22(33-23)16-10-17(25(35)32-19-8-9-30-13-19)12-18(11-16)26(36)34-21-7-6-15-4-2-3-5-20(15)21/h2-5,10-12,14,19,21,30H,6-9,13H2,1H3,(H2,28,31)(H,29,37)(H,32,35)(H,34,36)/t19?,21-/m0/s1. The van der Waals surface area contributed by atoms with E-state index in [1.54, 1.807) is 18.2 Å². The summed E-state index contributed by atoms with van der Waals surface area (Å²) in [6.45, 7) is 1.53. The highest BCUT2D eigenvalue weighted by Crippen LogP contribution is 2.31. The van der Waals surface area contributed by atoms with E-state index in [0.29, 0.717) is 28.9 Å². The lowest BCUT2D eigenvalue weighted by Crippen LogP contribution is -2.36. The fourth-order valence-corrected chi connectivity index (χ4v) is 4.86. The Morgan fingerprint density at radius 3 is 2.49 bits per heavy atom. The van der Waals surface area contributed by atoms with E-state index in [9.17, 15) is 14.4 Å². The molecule has 0 radical (unpaired) electrons. The normalized spacial score (nSPS) is 18.2. The molecule has 1 aliphatic heterocycles. The van der Waals surface area contributed by atoms with Gasteiger partial charge in [-0.3, -0.25) is 14.4 Å². The van der Waals surface area contributed by atoms with Crippen LogP contribution in [0.15, 0.2) is 48.7 Å². The van der Waals surface area contributed by atoms with E-state index < -0.39 is 5.91 Å². The first-order valence-corrected chi connectivity index (χ1v) is 12.3. The van der Waals surface area contributed by atoms with Crippen molar-refractivity contribution < 1.29 is 14.4 Å². The largest absolute Gasteiger partial charge is 0.382 e. The Labute approximate surface area is 214 Å². The summed E-state index contributed by atoms with van der Waals surface area (Å²) in [5.41, 5.74) is 9.60. The van der Waals surface area contributed by atoms with Crippen LogP contribution in [0.5, 0.6) is 0 Å². The number of nitrogens with two attached hydrogens (primary N) is 1. The first-order chi connectivity index (χ1) is 17.9. The molecule has 2 aromatic carbocycles. The summed E-state index contributed by atoms with van der Waals surface area (Å²) in [7, 11) is 1.47. The zero-order valence-corrected chi connectivity index (χ0v) is 20.5. The van der Waals surface area contributed by atoms with Crippen LogP contribution in [0.1, 0.15) is 61.2 Å². The van der Waals surface area contributed by atoms with Crippen molar-refractivity contribution in [2.75, 3.05) is 25.9 Å². The highest BCUT2D eigenvalue weighted by atomic mass is 16.2. The van der Waals surface area contributed by atoms with Crippen LogP contribution < -0.4 is 27.0 Å². The number of amides is 3. The molecule has 1 saturated heterocycles. The van der Waals surface area contributed by atoms with Gasteiger partial charge in [-0.1, -0.05) is 24.3 Å². The van der Waals surface area contributed by atoms with Crippen LogP contribution in [0.4, 0.5) is 5.82 Å². The zero-order chi connectivity index (χ0) is 25.9. The molecule has 0 saturated carbocycles. The second-order valence-electron chi connectivity index (χ2n) is 9.29. The first kappa shape index (κ1) is 24.4. The van der Waals surface area contributed by atoms with E-state index in [1.807, 2.05) is 18.2 Å². The minimum absolute atomic E-state index is 0.0106. The summed E-state index contributed by atoms with van der Waals surface area (Å²) >= 11 is 0. The van der Waals surface area contributed by atoms with Crippen molar-refractivity contribution in [3.05, 3.63) is 76.6 Å². The van der Waals surface area contributed by atoms with Gasteiger partial charge in [0.2, 0.25) is 0 Å². The number of hydrogen-bond acceptors (Lipinski definition) is 7. The molecule has 1 fully saturated rings. The average molecular weight is 500 g/mol. The molecule has 0 spiro atoms. The molecule has 10 heteroatoms. The van der Waals surface area contributed by atoms with Crippen LogP contribution in [0.3, 0.4) is 0 Å². The topological polar surface area (TPSA) is 151 Å². The number of nitrogens with one attached hydrogen (secondary N) is 4. The molecule has 190 valence electrons. The van der Waals surface area contributed by atoms with E-state index in [-0.39, 0.29) is 35.4 Å². The summed E-state index contributed by atoms with van der Waals surface area (Å²) in [5.74, 6) is -1.07. The predicted octanol–water partition coefficient (Wildman–Crippen LogP) is 1.59. The van der Waals surface area contributed by atoms with Gasteiger partial charge in [-0.15, -0.1) is 0 Å². The van der Waals surface area contributed by atoms with Gasteiger partial charge in [-0.2, -0.15) is 0 Å².